The Morgan fingerprint density at radius 1 is 0.795 bits per heavy atom. The van der Waals surface area contributed by atoms with Crippen LogP contribution in [0.15, 0.2) is 127 Å². The van der Waals surface area contributed by atoms with Crippen LogP contribution in [-0.4, -0.2) is 12.6 Å². The van der Waals surface area contributed by atoms with Gasteiger partial charge in [-0.1, -0.05) is 115 Å². The van der Waals surface area contributed by atoms with Crippen LogP contribution in [-0.2, 0) is 5.41 Å². The van der Waals surface area contributed by atoms with Crippen LogP contribution in [0.2, 0.25) is 0 Å². The van der Waals surface area contributed by atoms with Crippen molar-refractivity contribution in [1.82, 2.24) is 0 Å². The molecule has 0 fully saturated rings. The second-order valence-electron chi connectivity index (χ2n) is 12.8. The van der Waals surface area contributed by atoms with Gasteiger partial charge < -0.3 is 28.9 Å². The number of anilines is 1. The first-order valence-electron chi connectivity index (χ1n) is 15.2. The topological polar surface area (TPSA) is 19.1 Å². The van der Waals surface area contributed by atoms with Crippen molar-refractivity contribution in [2.45, 2.75) is 52.0 Å². The number of halogens is 1. The summed E-state index contributed by atoms with van der Waals surface area (Å²) in [4.78, 5) is 2.33. The molecule has 0 saturated carbocycles. The SMILES string of the molecule is Cc1ccc(-c2cc(C=CC=C3N(C)c4ccccc4C3(C)C)[n+](NC3(C)C=CC=CC3)c(-c3ccc(C)cc3)c2)cc1.[I-]. The van der Waals surface area contributed by atoms with Crippen LogP contribution in [0.4, 0.5) is 5.69 Å². The van der Waals surface area contributed by atoms with E-state index in [0.29, 0.717) is 0 Å². The number of para-hydroxylation sites is 1. The molecule has 1 aromatic heterocycles. The van der Waals surface area contributed by atoms with Gasteiger partial charge in [-0.2, -0.15) is 5.43 Å². The summed E-state index contributed by atoms with van der Waals surface area (Å²) >= 11 is 0. The average molecular weight is 692 g/mol. The Balaban J connectivity index is 0.00000384. The minimum absolute atomic E-state index is 0. The monoisotopic (exact) mass is 691 g/mol. The fraction of sp³-hybridized carbons (Fsp3) is 0.225. The number of aryl methyl sites for hydroxylation is 2. The maximum Gasteiger partial charge on any atom is 0.243 e. The highest BCUT2D eigenvalue weighted by Gasteiger charge is 2.37. The van der Waals surface area contributed by atoms with Gasteiger partial charge in [-0.25, -0.2) is 0 Å². The summed E-state index contributed by atoms with van der Waals surface area (Å²) in [5, 5.41) is 0. The van der Waals surface area contributed by atoms with E-state index in [1.165, 1.54) is 44.8 Å². The fourth-order valence-electron chi connectivity index (χ4n) is 6.32. The number of aromatic nitrogens is 1. The Morgan fingerprint density at radius 2 is 1.45 bits per heavy atom. The van der Waals surface area contributed by atoms with Crippen LogP contribution < -0.4 is 39.0 Å². The summed E-state index contributed by atoms with van der Waals surface area (Å²) in [6.07, 6.45) is 16.4. The van der Waals surface area contributed by atoms with Crippen LogP contribution >= 0.6 is 0 Å². The molecule has 0 amide bonds. The van der Waals surface area contributed by atoms with Gasteiger partial charge in [0.1, 0.15) is 5.54 Å². The minimum atomic E-state index is -0.222. The Hall–Kier alpha value is -3.90. The van der Waals surface area contributed by atoms with E-state index in [9.17, 15) is 0 Å². The van der Waals surface area contributed by atoms with E-state index in [2.05, 4.69) is 184 Å². The first-order valence-corrected chi connectivity index (χ1v) is 15.2. The van der Waals surface area contributed by atoms with Gasteiger partial charge >= 0.3 is 0 Å². The van der Waals surface area contributed by atoms with Crippen molar-refractivity contribution >= 4 is 11.8 Å². The normalized spacial score (nSPS) is 19.3. The van der Waals surface area contributed by atoms with Crippen LogP contribution in [0.5, 0.6) is 0 Å². The fourth-order valence-corrected chi connectivity index (χ4v) is 6.32. The van der Waals surface area contributed by atoms with Crippen LogP contribution in [0.3, 0.4) is 0 Å². The average Bonchev–Trinajstić information content (AvgIpc) is 3.19. The van der Waals surface area contributed by atoms with Gasteiger partial charge in [-0.3, -0.25) is 0 Å². The van der Waals surface area contributed by atoms with E-state index < -0.39 is 0 Å². The zero-order valence-electron chi connectivity index (χ0n) is 26.6. The number of nitrogens with one attached hydrogen (secondary N) is 1. The lowest BCUT2D eigenvalue weighted by molar-refractivity contribution is -0.646. The molecule has 1 aliphatic heterocycles. The number of benzene rings is 3. The molecular formula is C40H42IN3. The number of hydrogen-bond donors (Lipinski definition) is 1. The van der Waals surface area contributed by atoms with Gasteiger partial charge in [0, 0.05) is 47.6 Å². The van der Waals surface area contributed by atoms with Gasteiger partial charge in [-0.05, 0) is 68.2 Å². The zero-order chi connectivity index (χ0) is 30.2. The standard InChI is InChI=1S/C40H42N3.HI/c1-29-17-21-31(22-18-29)33-27-34(13-12-16-38-39(3,4)35-14-8-9-15-36(35)42(38)6)43(41-40(5)25-10-7-11-26-40)37(28-33)32-23-19-30(2)20-24-32;/h7-25,27-28,41H,26H2,1-6H3;1H/q+1;/p-1. The van der Waals surface area contributed by atoms with Gasteiger partial charge in [0.05, 0.1) is 0 Å². The highest BCUT2D eigenvalue weighted by Crippen LogP contribution is 2.46. The molecule has 1 N–H and O–H groups in total. The molecule has 3 aromatic carbocycles. The van der Waals surface area contributed by atoms with Crippen molar-refractivity contribution in [1.29, 1.82) is 0 Å². The first-order chi connectivity index (χ1) is 20.6. The summed E-state index contributed by atoms with van der Waals surface area (Å²) in [6.45, 7) is 11.2. The van der Waals surface area contributed by atoms with E-state index in [-0.39, 0.29) is 34.9 Å². The molecule has 4 aromatic rings. The smallest absolute Gasteiger partial charge is 0.243 e. The zero-order valence-corrected chi connectivity index (χ0v) is 28.8. The molecule has 4 heteroatoms. The number of nitrogens with zero attached hydrogens (tertiary/aromatic N) is 2. The highest BCUT2D eigenvalue weighted by atomic mass is 127. The van der Waals surface area contributed by atoms with Crippen LogP contribution in [0.1, 0.15) is 49.6 Å². The Morgan fingerprint density at radius 3 is 2.09 bits per heavy atom. The maximum atomic E-state index is 3.91. The highest BCUT2D eigenvalue weighted by molar-refractivity contribution is 5.73. The summed E-state index contributed by atoms with van der Waals surface area (Å²) in [6, 6.07) is 31.0. The molecule has 1 aliphatic carbocycles. The molecule has 0 bridgehead atoms. The Bertz CT molecular complexity index is 1770. The number of fused-ring (bicyclic) bond motifs is 1. The molecule has 1 atom stereocenters. The molecular weight excluding hydrogens is 649 g/mol. The van der Waals surface area contributed by atoms with E-state index in [4.69, 9.17) is 0 Å². The molecule has 44 heavy (non-hydrogen) atoms. The second kappa shape index (κ2) is 12.6. The molecule has 3 nitrogen and oxygen atoms in total. The molecule has 6 rings (SSSR count). The van der Waals surface area contributed by atoms with Gasteiger partial charge in [0.2, 0.25) is 11.4 Å². The van der Waals surface area contributed by atoms with E-state index >= 15 is 0 Å². The third kappa shape index (κ3) is 6.18. The lowest BCUT2D eigenvalue weighted by Gasteiger charge is -2.26. The number of rotatable bonds is 6. The Kier molecular flexibility index (Phi) is 9.03. The van der Waals surface area contributed by atoms with Gasteiger partial charge in [-0.15, -0.1) is 0 Å². The molecule has 0 radical (unpaired) electrons. The second-order valence-corrected chi connectivity index (χ2v) is 12.8. The molecule has 0 spiro atoms. The predicted molar refractivity (Wildman–Crippen MR) is 183 cm³/mol. The van der Waals surface area contributed by atoms with Crippen molar-refractivity contribution < 1.29 is 28.7 Å². The van der Waals surface area contributed by atoms with Crippen molar-refractivity contribution in [2.24, 2.45) is 0 Å². The molecule has 2 aliphatic rings. The summed E-state index contributed by atoms with van der Waals surface area (Å²) in [5.74, 6) is 0. The molecule has 0 saturated heterocycles. The number of allylic oxidation sites excluding steroid dienone is 5. The van der Waals surface area contributed by atoms with Gasteiger partial charge in [0.15, 0.2) is 0 Å². The summed E-state index contributed by atoms with van der Waals surface area (Å²) < 4.78 is 2.28. The summed E-state index contributed by atoms with van der Waals surface area (Å²) in [7, 11) is 2.17. The lowest BCUT2D eigenvalue weighted by Crippen LogP contribution is -3.00. The van der Waals surface area contributed by atoms with Crippen LogP contribution in [0, 0.1) is 13.8 Å². The van der Waals surface area contributed by atoms with Crippen molar-refractivity contribution in [3.05, 3.63) is 149 Å². The largest absolute Gasteiger partial charge is 1.00 e. The van der Waals surface area contributed by atoms with E-state index in [0.717, 1.165) is 17.8 Å². The van der Waals surface area contributed by atoms with Crippen molar-refractivity contribution in [3.63, 3.8) is 0 Å². The maximum absolute atomic E-state index is 3.91. The Labute approximate surface area is 280 Å². The quantitative estimate of drug-likeness (QED) is 0.196. The summed E-state index contributed by atoms with van der Waals surface area (Å²) in [5.41, 5.74) is 15.8. The first kappa shape index (κ1) is 31.5. The van der Waals surface area contributed by atoms with E-state index in [1.54, 1.807) is 0 Å². The third-order valence-corrected chi connectivity index (χ3v) is 8.91. The number of likely N-dealkylation sites (N-methyl/N-ethyl adjacent to an activating group) is 1. The molecule has 224 valence electrons. The molecule has 2 heterocycles. The van der Waals surface area contributed by atoms with Crippen LogP contribution in [0.25, 0.3) is 28.5 Å². The number of hydrogen-bond acceptors (Lipinski definition) is 2. The lowest BCUT2D eigenvalue weighted by atomic mass is 9.84. The number of pyridine rings is 1. The predicted octanol–water partition coefficient (Wildman–Crippen LogP) is 6.07. The van der Waals surface area contributed by atoms with Gasteiger partial charge in [0.25, 0.3) is 0 Å². The van der Waals surface area contributed by atoms with Crippen molar-refractivity contribution in [3.8, 4) is 22.4 Å². The third-order valence-electron chi connectivity index (χ3n) is 8.91. The van der Waals surface area contributed by atoms with E-state index in [1.807, 2.05) is 0 Å². The van der Waals surface area contributed by atoms with Crippen molar-refractivity contribution in [2.75, 3.05) is 17.4 Å². The molecule has 1 unspecified atom stereocenters. The minimum Gasteiger partial charge on any atom is -1.00 e.